The number of thioether (sulfide) groups is 1. The van der Waals surface area contributed by atoms with E-state index in [-0.39, 0.29) is 10.7 Å². The fourth-order valence-corrected chi connectivity index (χ4v) is 3.74. The smallest absolute Gasteiger partial charge is 0.236 e. The predicted octanol–water partition coefficient (Wildman–Crippen LogP) is 1.53. The molecule has 4 heteroatoms. The first-order valence-corrected chi connectivity index (χ1v) is 7.29. The van der Waals surface area contributed by atoms with E-state index in [0.29, 0.717) is 12.1 Å². The molecule has 0 aliphatic carbocycles. The lowest BCUT2D eigenvalue weighted by molar-refractivity contribution is -0.124. The van der Waals surface area contributed by atoms with Crippen LogP contribution in [0.4, 0.5) is 0 Å². The number of carbonyl (C=O) groups is 1. The Morgan fingerprint density at radius 3 is 2.94 bits per heavy atom. The Balaban J connectivity index is 1.90. The minimum atomic E-state index is -0.169. The normalized spacial score (nSPS) is 39.6. The van der Waals surface area contributed by atoms with E-state index in [1.807, 2.05) is 11.8 Å². The molecule has 0 spiro atoms. The lowest BCUT2D eigenvalue weighted by atomic mass is 9.98. The van der Waals surface area contributed by atoms with Gasteiger partial charge in [-0.25, -0.2) is 0 Å². The van der Waals surface area contributed by atoms with Gasteiger partial charge in [-0.15, -0.1) is 11.8 Å². The molecule has 2 heterocycles. The van der Waals surface area contributed by atoms with E-state index in [2.05, 4.69) is 24.5 Å². The summed E-state index contributed by atoms with van der Waals surface area (Å²) < 4.78 is -0.169. The lowest BCUT2D eigenvalue weighted by Gasteiger charge is -2.33. The summed E-state index contributed by atoms with van der Waals surface area (Å²) in [5.41, 5.74) is 0. The zero-order valence-corrected chi connectivity index (χ0v) is 11.0. The molecular weight excluding hydrogens is 220 g/mol. The lowest BCUT2D eigenvalue weighted by Crippen LogP contribution is -2.55. The number of amides is 1. The third-order valence-corrected chi connectivity index (χ3v) is 5.30. The van der Waals surface area contributed by atoms with Crippen LogP contribution < -0.4 is 10.6 Å². The molecule has 2 aliphatic heterocycles. The molecule has 0 aromatic rings. The van der Waals surface area contributed by atoms with Gasteiger partial charge in [0.2, 0.25) is 5.91 Å². The van der Waals surface area contributed by atoms with E-state index in [4.69, 9.17) is 0 Å². The van der Waals surface area contributed by atoms with Crippen LogP contribution in [0.25, 0.3) is 0 Å². The summed E-state index contributed by atoms with van der Waals surface area (Å²) in [4.78, 5) is 12.2. The maximum absolute atomic E-state index is 12.2. The number of nitrogens with one attached hydrogen (secondary N) is 2. The van der Waals surface area contributed by atoms with Crippen molar-refractivity contribution in [3.05, 3.63) is 0 Å². The Labute approximate surface area is 102 Å². The fraction of sp³-hybridized carbons (Fsp3) is 0.917. The van der Waals surface area contributed by atoms with Crippen LogP contribution >= 0.6 is 11.8 Å². The number of rotatable bonds is 2. The highest BCUT2D eigenvalue weighted by atomic mass is 32.2. The van der Waals surface area contributed by atoms with Gasteiger partial charge in [0, 0.05) is 12.1 Å². The molecule has 3 nitrogen and oxygen atoms in total. The molecule has 1 amide bonds. The zero-order valence-electron chi connectivity index (χ0n) is 10.2. The molecule has 2 N–H and O–H groups in total. The number of piperidine rings is 1. The highest BCUT2D eigenvalue weighted by molar-refractivity contribution is 8.01. The Kier molecular flexibility index (Phi) is 3.80. The van der Waals surface area contributed by atoms with Gasteiger partial charge < -0.3 is 10.6 Å². The maximum Gasteiger partial charge on any atom is 0.236 e. The first-order chi connectivity index (χ1) is 7.62. The van der Waals surface area contributed by atoms with Gasteiger partial charge in [-0.1, -0.05) is 0 Å². The van der Waals surface area contributed by atoms with Crippen molar-refractivity contribution in [2.45, 2.75) is 56.4 Å². The number of hydrogen-bond acceptors (Lipinski definition) is 3. The third-order valence-electron chi connectivity index (χ3n) is 3.78. The van der Waals surface area contributed by atoms with Gasteiger partial charge in [-0.05, 0) is 51.8 Å². The highest BCUT2D eigenvalue weighted by Gasteiger charge is 2.38. The Hall–Kier alpha value is -0.220. The third kappa shape index (κ3) is 2.54. The Morgan fingerprint density at radius 1 is 1.50 bits per heavy atom. The average molecular weight is 242 g/mol. The quantitative estimate of drug-likeness (QED) is 0.771. The van der Waals surface area contributed by atoms with E-state index in [1.165, 1.54) is 12.8 Å². The minimum absolute atomic E-state index is 0.169. The molecule has 2 aliphatic rings. The van der Waals surface area contributed by atoms with Crippen molar-refractivity contribution >= 4 is 17.7 Å². The molecule has 2 saturated heterocycles. The van der Waals surface area contributed by atoms with Gasteiger partial charge in [0.15, 0.2) is 0 Å². The molecule has 3 atom stereocenters. The summed E-state index contributed by atoms with van der Waals surface area (Å²) in [5.74, 6) is 1.37. The molecule has 92 valence electrons. The van der Waals surface area contributed by atoms with Gasteiger partial charge in [-0.3, -0.25) is 4.79 Å². The number of carbonyl (C=O) groups excluding carboxylic acids is 1. The van der Waals surface area contributed by atoms with Crippen molar-refractivity contribution in [1.82, 2.24) is 10.6 Å². The molecule has 0 aromatic carbocycles. The van der Waals surface area contributed by atoms with E-state index in [9.17, 15) is 4.79 Å². The summed E-state index contributed by atoms with van der Waals surface area (Å²) in [5, 5.41) is 6.65. The number of hydrogen-bond donors (Lipinski definition) is 2. The van der Waals surface area contributed by atoms with Crippen molar-refractivity contribution in [2.24, 2.45) is 0 Å². The van der Waals surface area contributed by atoms with Crippen molar-refractivity contribution < 1.29 is 4.79 Å². The zero-order chi connectivity index (χ0) is 11.6. The van der Waals surface area contributed by atoms with Gasteiger partial charge in [0.25, 0.3) is 0 Å². The van der Waals surface area contributed by atoms with Gasteiger partial charge in [-0.2, -0.15) is 0 Å². The first-order valence-electron chi connectivity index (χ1n) is 6.30. The minimum Gasteiger partial charge on any atom is -0.351 e. The topological polar surface area (TPSA) is 41.1 Å². The van der Waals surface area contributed by atoms with Gasteiger partial charge >= 0.3 is 0 Å². The summed E-state index contributed by atoms with van der Waals surface area (Å²) in [6.07, 6.45) is 4.48. The Bertz CT molecular complexity index is 264. The van der Waals surface area contributed by atoms with Crippen LogP contribution in [0.1, 0.15) is 39.5 Å². The van der Waals surface area contributed by atoms with Gasteiger partial charge in [0.05, 0.1) is 4.75 Å². The van der Waals surface area contributed by atoms with Crippen molar-refractivity contribution in [1.29, 1.82) is 0 Å². The monoisotopic (exact) mass is 242 g/mol. The second kappa shape index (κ2) is 4.96. The Morgan fingerprint density at radius 2 is 2.31 bits per heavy atom. The van der Waals surface area contributed by atoms with E-state index >= 15 is 0 Å². The SMILES string of the molecule is CC1NCCCC1NC(=O)C1(C)CCCS1. The van der Waals surface area contributed by atoms with Crippen LogP contribution in [0.5, 0.6) is 0 Å². The predicted molar refractivity (Wildman–Crippen MR) is 68.7 cm³/mol. The molecule has 2 fully saturated rings. The van der Waals surface area contributed by atoms with Crippen molar-refractivity contribution in [3.8, 4) is 0 Å². The van der Waals surface area contributed by atoms with Gasteiger partial charge in [0.1, 0.15) is 0 Å². The fourth-order valence-electron chi connectivity index (χ4n) is 2.52. The van der Waals surface area contributed by atoms with Crippen LogP contribution in [0, 0.1) is 0 Å². The van der Waals surface area contributed by atoms with Crippen LogP contribution in [0.2, 0.25) is 0 Å². The van der Waals surface area contributed by atoms with Crippen LogP contribution in [-0.4, -0.2) is 35.0 Å². The molecule has 0 radical (unpaired) electrons. The maximum atomic E-state index is 12.2. The summed E-state index contributed by atoms with van der Waals surface area (Å²) in [7, 11) is 0. The standard InChI is InChI=1S/C12H22N2OS/c1-9-10(5-3-7-13-9)14-11(15)12(2)6-4-8-16-12/h9-10,13H,3-8H2,1-2H3,(H,14,15). The molecule has 2 rings (SSSR count). The van der Waals surface area contributed by atoms with Crippen LogP contribution in [0.3, 0.4) is 0 Å². The molecule has 0 bridgehead atoms. The van der Waals surface area contributed by atoms with E-state index in [1.54, 1.807) is 0 Å². The molecular formula is C12H22N2OS. The summed E-state index contributed by atoms with van der Waals surface area (Å²) in [6, 6.07) is 0.729. The second-order valence-electron chi connectivity index (χ2n) is 5.15. The summed E-state index contributed by atoms with van der Waals surface area (Å²) >= 11 is 1.81. The van der Waals surface area contributed by atoms with Crippen LogP contribution in [0.15, 0.2) is 0 Å². The molecule has 0 aromatic heterocycles. The van der Waals surface area contributed by atoms with Crippen molar-refractivity contribution in [2.75, 3.05) is 12.3 Å². The van der Waals surface area contributed by atoms with Crippen LogP contribution in [-0.2, 0) is 4.79 Å². The van der Waals surface area contributed by atoms with E-state index in [0.717, 1.165) is 25.1 Å². The highest BCUT2D eigenvalue weighted by Crippen LogP contribution is 2.38. The van der Waals surface area contributed by atoms with E-state index < -0.39 is 0 Å². The molecule has 16 heavy (non-hydrogen) atoms. The molecule has 3 unspecified atom stereocenters. The first kappa shape index (κ1) is 12.2. The van der Waals surface area contributed by atoms with Crippen molar-refractivity contribution in [3.63, 3.8) is 0 Å². The second-order valence-corrected chi connectivity index (χ2v) is 6.75. The summed E-state index contributed by atoms with van der Waals surface area (Å²) in [6.45, 7) is 5.33. The average Bonchev–Trinajstić information content (AvgIpc) is 2.70. The molecule has 0 saturated carbocycles. The largest absolute Gasteiger partial charge is 0.351 e.